The van der Waals surface area contributed by atoms with Gasteiger partial charge >= 0.3 is 0 Å². The van der Waals surface area contributed by atoms with Crippen molar-refractivity contribution in [3.63, 3.8) is 0 Å². The van der Waals surface area contributed by atoms with E-state index in [0.717, 1.165) is 48.1 Å². The molecule has 1 saturated heterocycles. The lowest BCUT2D eigenvalue weighted by Crippen LogP contribution is -2.64. The third kappa shape index (κ3) is 2.82. The smallest absolute Gasteiger partial charge is 0.245 e. The maximum atomic E-state index is 13.5. The first-order valence-corrected chi connectivity index (χ1v) is 13.1. The fraction of sp³-hybridized carbons (Fsp3) is 0.714. The highest BCUT2D eigenvalue weighted by Gasteiger charge is 2.54. The van der Waals surface area contributed by atoms with Crippen molar-refractivity contribution in [1.29, 1.82) is 0 Å². The van der Waals surface area contributed by atoms with Gasteiger partial charge in [-0.25, -0.2) is 8.42 Å². The number of nitrogens with zero attached hydrogens (tertiary/aromatic N) is 4. The lowest BCUT2D eigenvalue weighted by Gasteiger charge is -2.61. The zero-order chi connectivity index (χ0) is 19.8. The Kier molecular flexibility index (Phi) is 4.15. The van der Waals surface area contributed by atoms with Crippen LogP contribution in [0.5, 0.6) is 0 Å². The van der Waals surface area contributed by atoms with Gasteiger partial charge in [0.05, 0.1) is 11.7 Å². The van der Waals surface area contributed by atoms with Crippen molar-refractivity contribution < 1.29 is 8.42 Å². The van der Waals surface area contributed by atoms with Crippen molar-refractivity contribution in [2.75, 3.05) is 26.2 Å². The molecular formula is C21H28N4O2S2. The van der Waals surface area contributed by atoms with Crippen LogP contribution in [-0.2, 0) is 10.0 Å². The molecule has 5 aliphatic rings. The fourth-order valence-electron chi connectivity index (χ4n) is 7.24. The van der Waals surface area contributed by atoms with Crippen molar-refractivity contribution in [1.82, 2.24) is 18.0 Å². The summed E-state index contributed by atoms with van der Waals surface area (Å²) in [5.41, 5.74) is 2.32. The Bertz CT molecular complexity index is 1020. The van der Waals surface area contributed by atoms with Crippen LogP contribution in [0.3, 0.4) is 0 Å². The van der Waals surface area contributed by atoms with Gasteiger partial charge in [-0.1, -0.05) is 6.07 Å². The maximum absolute atomic E-state index is 13.5. The maximum Gasteiger partial charge on any atom is 0.245 e. The summed E-state index contributed by atoms with van der Waals surface area (Å²) in [6.45, 7) is 4.73. The SMILES string of the molecule is Cc1ccc2nsnc2c1S(=O)(=O)N1CCN(C23CC4CC(CC(C4)C2)C3)CC1. The minimum absolute atomic E-state index is 0.354. The van der Waals surface area contributed by atoms with Crippen LogP contribution in [0, 0.1) is 24.7 Å². The first-order chi connectivity index (χ1) is 13.9. The molecule has 0 amide bonds. The van der Waals surface area contributed by atoms with E-state index in [1.165, 1.54) is 38.5 Å². The molecule has 1 aromatic carbocycles. The van der Waals surface area contributed by atoms with Gasteiger partial charge in [0, 0.05) is 31.7 Å². The summed E-state index contributed by atoms with van der Waals surface area (Å²) >= 11 is 1.08. The van der Waals surface area contributed by atoms with Crippen molar-refractivity contribution in [3.05, 3.63) is 17.7 Å². The summed E-state index contributed by atoms with van der Waals surface area (Å²) in [4.78, 5) is 3.02. The van der Waals surface area contributed by atoms with Crippen molar-refractivity contribution in [3.8, 4) is 0 Å². The number of piperazine rings is 1. The van der Waals surface area contributed by atoms with Crippen LogP contribution in [0.25, 0.3) is 11.0 Å². The second-order valence-electron chi connectivity index (χ2n) is 9.88. The number of hydrogen-bond acceptors (Lipinski definition) is 6. The largest absolute Gasteiger partial charge is 0.295 e. The second-order valence-corrected chi connectivity index (χ2v) is 12.3. The molecule has 156 valence electrons. The zero-order valence-electron chi connectivity index (χ0n) is 16.9. The van der Waals surface area contributed by atoms with Crippen LogP contribution in [-0.4, -0.2) is 58.1 Å². The van der Waals surface area contributed by atoms with E-state index >= 15 is 0 Å². The van der Waals surface area contributed by atoms with Gasteiger partial charge in [-0.05, 0) is 74.8 Å². The van der Waals surface area contributed by atoms with E-state index in [9.17, 15) is 8.42 Å². The number of hydrogen-bond donors (Lipinski definition) is 0. The summed E-state index contributed by atoms with van der Waals surface area (Å²) < 4.78 is 37.3. The lowest BCUT2D eigenvalue weighted by molar-refractivity contribution is -0.0964. The molecule has 1 aromatic heterocycles. The monoisotopic (exact) mass is 432 g/mol. The summed E-state index contributed by atoms with van der Waals surface area (Å²) in [7, 11) is -3.56. The molecule has 29 heavy (non-hydrogen) atoms. The molecule has 0 spiro atoms. The molecule has 7 rings (SSSR count). The molecule has 8 heteroatoms. The number of benzene rings is 1. The molecular weight excluding hydrogens is 404 g/mol. The molecule has 0 radical (unpaired) electrons. The molecule has 0 N–H and O–H groups in total. The minimum Gasteiger partial charge on any atom is -0.295 e. The average Bonchev–Trinajstić information content (AvgIpc) is 3.15. The van der Waals surface area contributed by atoms with E-state index in [1.807, 2.05) is 19.1 Å². The fourth-order valence-corrected chi connectivity index (χ4v) is 9.61. The Morgan fingerprint density at radius 2 is 1.59 bits per heavy atom. The van der Waals surface area contributed by atoms with Crippen LogP contribution >= 0.6 is 11.7 Å². The van der Waals surface area contributed by atoms with Crippen molar-refractivity contribution >= 4 is 32.8 Å². The lowest BCUT2D eigenvalue weighted by atomic mass is 9.52. The Morgan fingerprint density at radius 1 is 0.966 bits per heavy atom. The molecule has 4 saturated carbocycles. The molecule has 4 aliphatic carbocycles. The van der Waals surface area contributed by atoms with Crippen LogP contribution in [0.2, 0.25) is 0 Å². The standard InChI is InChI=1S/C21H28N4O2S2/c1-14-2-3-18-19(23-28-22-18)20(14)29(26,27)25-6-4-24(5-7-25)21-11-15-8-16(12-21)10-17(9-15)13-21/h2-3,15-17H,4-13H2,1H3. The van der Waals surface area contributed by atoms with Crippen molar-refractivity contribution in [2.24, 2.45) is 17.8 Å². The van der Waals surface area contributed by atoms with Gasteiger partial charge in [0.15, 0.2) is 0 Å². The minimum atomic E-state index is -3.56. The predicted octanol–water partition coefficient (Wildman–Crippen LogP) is 3.27. The number of aryl methyl sites for hydroxylation is 1. The van der Waals surface area contributed by atoms with Crippen molar-refractivity contribution in [2.45, 2.75) is 55.9 Å². The summed E-state index contributed by atoms with van der Waals surface area (Å²) in [5, 5.41) is 0. The van der Waals surface area contributed by atoms with Gasteiger partial charge in [-0.2, -0.15) is 13.1 Å². The second kappa shape index (κ2) is 6.45. The van der Waals surface area contributed by atoms with Gasteiger partial charge in [-0.15, -0.1) is 0 Å². The Hall–Kier alpha value is -1.09. The zero-order valence-corrected chi connectivity index (χ0v) is 18.5. The van der Waals surface area contributed by atoms with Crippen LogP contribution in [0.4, 0.5) is 0 Å². The van der Waals surface area contributed by atoms with Crippen LogP contribution in [0.15, 0.2) is 17.0 Å². The Balaban J connectivity index is 1.25. The van der Waals surface area contributed by atoms with E-state index < -0.39 is 10.0 Å². The van der Waals surface area contributed by atoms with E-state index in [2.05, 4.69) is 13.6 Å². The van der Waals surface area contributed by atoms with Gasteiger partial charge in [0.1, 0.15) is 15.9 Å². The Labute approximate surface area is 176 Å². The number of fused-ring (bicyclic) bond motifs is 1. The van der Waals surface area contributed by atoms with Crippen LogP contribution < -0.4 is 0 Å². The topological polar surface area (TPSA) is 66.4 Å². The third-order valence-corrected chi connectivity index (χ3v) is 10.7. The molecule has 4 bridgehead atoms. The van der Waals surface area contributed by atoms with Gasteiger partial charge in [0.2, 0.25) is 10.0 Å². The third-order valence-electron chi connectivity index (χ3n) is 8.09. The Morgan fingerprint density at radius 3 is 2.21 bits per heavy atom. The van der Waals surface area contributed by atoms with Gasteiger partial charge in [0.25, 0.3) is 0 Å². The summed E-state index contributed by atoms with van der Waals surface area (Å²) in [5.74, 6) is 2.75. The van der Waals surface area contributed by atoms with E-state index in [4.69, 9.17) is 0 Å². The normalized spacial score (nSPS) is 35.6. The molecule has 1 aliphatic heterocycles. The van der Waals surface area contributed by atoms with Gasteiger partial charge in [-0.3, -0.25) is 4.90 Å². The number of aromatic nitrogens is 2. The van der Waals surface area contributed by atoms with Gasteiger partial charge < -0.3 is 0 Å². The number of rotatable bonds is 3. The molecule has 2 heterocycles. The molecule has 0 atom stereocenters. The quantitative estimate of drug-likeness (QED) is 0.745. The number of sulfonamides is 1. The average molecular weight is 433 g/mol. The molecule has 6 nitrogen and oxygen atoms in total. The van der Waals surface area contributed by atoms with E-state index in [1.54, 1.807) is 4.31 Å². The summed E-state index contributed by atoms with van der Waals surface area (Å²) in [6, 6.07) is 3.71. The predicted molar refractivity (Wildman–Crippen MR) is 113 cm³/mol. The molecule has 0 unspecified atom stereocenters. The highest BCUT2D eigenvalue weighted by molar-refractivity contribution is 7.89. The highest BCUT2D eigenvalue weighted by atomic mass is 32.2. The highest BCUT2D eigenvalue weighted by Crippen LogP contribution is 2.57. The summed E-state index contributed by atoms with van der Waals surface area (Å²) in [6.07, 6.45) is 8.35. The van der Waals surface area contributed by atoms with E-state index in [0.29, 0.717) is 34.6 Å². The van der Waals surface area contributed by atoms with Crippen LogP contribution in [0.1, 0.15) is 44.1 Å². The molecule has 5 fully saturated rings. The van der Waals surface area contributed by atoms with E-state index in [-0.39, 0.29) is 0 Å². The first kappa shape index (κ1) is 18.7. The first-order valence-electron chi connectivity index (χ1n) is 10.9. The molecule has 2 aromatic rings.